The van der Waals surface area contributed by atoms with Gasteiger partial charge in [0.15, 0.2) is 0 Å². The molecule has 3 rings (SSSR count). The molecule has 118 valence electrons. The van der Waals surface area contributed by atoms with Gasteiger partial charge >= 0.3 is 6.18 Å². The molecular formula is C17H13F3N2O. The molecule has 0 bridgehead atoms. The smallest absolute Gasteiger partial charge is 0.416 e. The van der Waals surface area contributed by atoms with Crippen LogP contribution in [0, 0.1) is 0 Å². The number of nitrogens with zero attached hydrogens (tertiary/aromatic N) is 2. The molecule has 0 spiro atoms. The lowest BCUT2D eigenvalue weighted by atomic mass is 9.98. The van der Waals surface area contributed by atoms with Crippen LogP contribution in [0.25, 0.3) is 22.6 Å². The lowest BCUT2D eigenvalue weighted by Gasteiger charge is -2.09. The monoisotopic (exact) mass is 318 g/mol. The number of rotatable bonds is 3. The van der Waals surface area contributed by atoms with Crippen LogP contribution in [0.3, 0.4) is 0 Å². The number of hydrogen-bond acceptors (Lipinski definition) is 3. The van der Waals surface area contributed by atoms with Gasteiger partial charge in [0.2, 0.25) is 11.8 Å². The standard InChI is InChI=1S/C17H13F3N2O/c1-2-15-21-22-16(23-15)14-6-4-3-5-13(14)11-7-9-12(10-8-11)17(18,19)20/h3-10H,2H2,1H3. The third kappa shape index (κ3) is 3.11. The number of benzene rings is 2. The summed E-state index contributed by atoms with van der Waals surface area (Å²) >= 11 is 0. The lowest BCUT2D eigenvalue weighted by molar-refractivity contribution is -0.137. The van der Waals surface area contributed by atoms with E-state index in [-0.39, 0.29) is 0 Å². The molecule has 1 aromatic heterocycles. The molecule has 0 unspecified atom stereocenters. The van der Waals surface area contributed by atoms with E-state index in [9.17, 15) is 13.2 Å². The van der Waals surface area contributed by atoms with Crippen molar-refractivity contribution in [3.8, 4) is 22.6 Å². The third-order valence-electron chi connectivity index (χ3n) is 3.45. The van der Waals surface area contributed by atoms with E-state index in [2.05, 4.69) is 10.2 Å². The van der Waals surface area contributed by atoms with Gasteiger partial charge in [-0.1, -0.05) is 37.3 Å². The molecule has 0 atom stereocenters. The molecule has 0 aliphatic carbocycles. The summed E-state index contributed by atoms with van der Waals surface area (Å²) in [5.74, 6) is 0.875. The Hall–Kier alpha value is -2.63. The van der Waals surface area contributed by atoms with Gasteiger partial charge in [0.1, 0.15) is 0 Å². The lowest BCUT2D eigenvalue weighted by Crippen LogP contribution is -2.04. The minimum Gasteiger partial charge on any atom is -0.421 e. The van der Waals surface area contributed by atoms with Crippen molar-refractivity contribution in [3.63, 3.8) is 0 Å². The number of aryl methyl sites for hydroxylation is 1. The van der Waals surface area contributed by atoms with Gasteiger partial charge in [-0.2, -0.15) is 13.2 Å². The molecule has 0 amide bonds. The molecule has 6 heteroatoms. The fourth-order valence-corrected chi connectivity index (χ4v) is 2.27. The Morgan fingerprint density at radius 3 is 2.13 bits per heavy atom. The molecule has 0 fully saturated rings. The van der Waals surface area contributed by atoms with Crippen molar-refractivity contribution in [2.24, 2.45) is 0 Å². The zero-order valence-corrected chi connectivity index (χ0v) is 12.3. The molecule has 3 aromatic rings. The van der Waals surface area contributed by atoms with Gasteiger partial charge in [0.25, 0.3) is 0 Å². The summed E-state index contributed by atoms with van der Waals surface area (Å²) in [7, 11) is 0. The average molecular weight is 318 g/mol. The summed E-state index contributed by atoms with van der Waals surface area (Å²) in [5.41, 5.74) is 1.42. The maximum Gasteiger partial charge on any atom is 0.416 e. The average Bonchev–Trinajstić information content (AvgIpc) is 3.03. The minimum absolute atomic E-state index is 0.359. The first-order valence-corrected chi connectivity index (χ1v) is 7.08. The van der Waals surface area contributed by atoms with Gasteiger partial charge in [0, 0.05) is 12.0 Å². The van der Waals surface area contributed by atoms with Gasteiger partial charge in [-0.05, 0) is 29.3 Å². The zero-order valence-electron chi connectivity index (χ0n) is 12.3. The van der Waals surface area contributed by atoms with E-state index in [0.717, 1.165) is 17.7 Å². The predicted octanol–water partition coefficient (Wildman–Crippen LogP) is 4.98. The third-order valence-corrected chi connectivity index (χ3v) is 3.45. The highest BCUT2D eigenvalue weighted by Crippen LogP contribution is 2.34. The normalized spacial score (nSPS) is 11.7. The number of aromatic nitrogens is 2. The van der Waals surface area contributed by atoms with Gasteiger partial charge in [-0.3, -0.25) is 0 Å². The first-order chi connectivity index (χ1) is 11.0. The second kappa shape index (κ2) is 5.87. The van der Waals surface area contributed by atoms with E-state index >= 15 is 0 Å². The Morgan fingerprint density at radius 2 is 1.57 bits per heavy atom. The van der Waals surface area contributed by atoms with E-state index in [1.54, 1.807) is 6.07 Å². The molecule has 23 heavy (non-hydrogen) atoms. The Bertz CT molecular complexity index is 807. The highest BCUT2D eigenvalue weighted by molar-refractivity contribution is 5.79. The Labute approximate surface area is 130 Å². The van der Waals surface area contributed by atoms with E-state index < -0.39 is 11.7 Å². The van der Waals surface area contributed by atoms with Crippen LogP contribution >= 0.6 is 0 Å². The largest absolute Gasteiger partial charge is 0.421 e. The summed E-state index contributed by atoms with van der Waals surface area (Å²) in [5, 5.41) is 7.93. The van der Waals surface area contributed by atoms with Crippen molar-refractivity contribution in [2.75, 3.05) is 0 Å². The van der Waals surface area contributed by atoms with Gasteiger partial charge < -0.3 is 4.42 Å². The van der Waals surface area contributed by atoms with E-state index in [4.69, 9.17) is 4.42 Å². The molecular weight excluding hydrogens is 305 g/mol. The summed E-state index contributed by atoms with van der Waals surface area (Å²) in [6.07, 6.45) is -3.73. The number of hydrogen-bond donors (Lipinski definition) is 0. The fourth-order valence-electron chi connectivity index (χ4n) is 2.27. The molecule has 3 nitrogen and oxygen atoms in total. The highest BCUT2D eigenvalue weighted by Gasteiger charge is 2.30. The molecule has 0 saturated heterocycles. The first kappa shape index (κ1) is 15.3. The van der Waals surface area contributed by atoms with Gasteiger partial charge in [0.05, 0.1) is 5.56 Å². The van der Waals surface area contributed by atoms with Crippen molar-refractivity contribution in [2.45, 2.75) is 19.5 Å². The highest BCUT2D eigenvalue weighted by atomic mass is 19.4. The van der Waals surface area contributed by atoms with Crippen LogP contribution in [0.5, 0.6) is 0 Å². The maximum absolute atomic E-state index is 12.7. The fraction of sp³-hybridized carbons (Fsp3) is 0.176. The Balaban J connectivity index is 2.03. The van der Waals surface area contributed by atoms with E-state index in [1.807, 2.05) is 25.1 Å². The molecule has 0 aliphatic rings. The van der Waals surface area contributed by atoms with Crippen LogP contribution < -0.4 is 0 Å². The van der Waals surface area contributed by atoms with Crippen LogP contribution in [-0.4, -0.2) is 10.2 Å². The molecule has 1 heterocycles. The Morgan fingerprint density at radius 1 is 0.913 bits per heavy atom. The van der Waals surface area contributed by atoms with Crippen LogP contribution in [-0.2, 0) is 12.6 Å². The van der Waals surface area contributed by atoms with Gasteiger partial charge in [-0.15, -0.1) is 10.2 Å². The second-order valence-electron chi connectivity index (χ2n) is 4.98. The van der Waals surface area contributed by atoms with Crippen molar-refractivity contribution in [1.82, 2.24) is 10.2 Å². The van der Waals surface area contributed by atoms with Crippen LogP contribution in [0.15, 0.2) is 52.9 Å². The number of alkyl halides is 3. The molecule has 0 N–H and O–H groups in total. The van der Waals surface area contributed by atoms with Crippen LogP contribution in [0.2, 0.25) is 0 Å². The molecule has 0 saturated carbocycles. The summed E-state index contributed by atoms with van der Waals surface area (Å²) in [6.45, 7) is 1.90. The van der Waals surface area contributed by atoms with Crippen molar-refractivity contribution < 1.29 is 17.6 Å². The maximum atomic E-state index is 12.7. The molecule has 2 aromatic carbocycles. The summed E-state index contributed by atoms with van der Waals surface area (Å²) < 4.78 is 43.6. The van der Waals surface area contributed by atoms with Gasteiger partial charge in [-0.25, -0.2) is 0 Å². The summed E-state index contributed by atoms with van der Waals surface area (Å²) in [6, 6.07) is 12.3. The predicted molar refractivity (Wildman–Crippen MR) is 79.6 cm³/mol. The molecule has 0 aliphatic heterocycles. The zero-order chi connectivity index (χ0) is 16.4. The SMILES string of the molecule is CCc1nnc(-c2ccccc2-c2ccc(C(F)(F)F)cc2)o1. The summed E-state index contributed by atoms with van der Waals surface area (Å²) in [4.78, 5) is 0. The topological polar surface area (TPSA) is 38.9 Å². The van der Waals surface area contributed by atoms with E-state index in [0.29, 0.717) is 29.3 Å². The van der Waals surface area contributed by atoms with Crippen molar-refractivity contribution in [1.29, 1.82) is 0 Å². The van der Waals surface area contributed by atoms with Crippen molar-refractivity contribution in [3.05, 3.63) is 60.0 Å². The van der Waals surface area contributed by atoms with E-state index in [1.165, 1.54) is 12.1 Å². The van der Waals surface area contributed by atoms with Crippen molar-refractivity contribution >= 4 is 0 Å². The Kier molecular flexibility index (Phi) is 3.90. The first-order valence-electron chi connectivity index (χ1n) is 7.08. The van der Waals surface area contributed by atoms with Crippen LogP contribution in [0.1, 0.15) is 18.4 Å². The number of halogens is 3. The quantitative estimate of drug-likeness (QED) is 0.683. The van der Waals surface area contributed by atoms with Crippen LogP contribution in [0.4, 0.5) is 13.2 Å². The molecule has 0 radical (unpaired) electrons. The second-order valence-corrected chi connectivity index (χ2v) is 4.98. The minimum atomic E-state index is -4.35.